The van der Waals surface area contributed by atoms with Crippen LogP contribution in [0.3, 0.4) is 0 Å². The molecule has 7 nitrogen and oxygen atoms in total. The summed E-state index contributed by atoms with van der Waals surface area (Å²) in [6.07, 6.45) is 5.36. The highest BCUT2D eigenvalue weighted by Crippen LogP contribution is 2.16. The van der Waals surface area contributed by atoms with E-state index in [0.29, 0.717) is 37.4 Å². The van der Waals surface area contributed by atoms with Crippen LogP contribution in [0.2, 0.25) is 0 Å². The van der Waals surface area contributed by atoms with E-state index in [9.17, 15) is 13.2 Å². The number of carbonyl (C=O) groups is 1. The molecule has 2 aromatic rings. The van der Waals surface area contributed by atoms with Gasteiger partial charge >= 0.3 is 0 Å². The van der Waals surface area contributed by atoms with Gasteiger partial charge in [-0.1, -0.05) is 12.1 Å². The molecule has 0 atom stereocenters. The van der Waals surface area contributed by atoms with Gasteiger partial charge in [-0.2, -0.15) is 0 Å². The summed E-state index contributed by atoms with van der Waals surface area (Å²) in [6.45, 7) is 1.04. The minimum absolute atomic E-state index is 0.106. The number of amides is 1. The second-order valence-electron chi connectivity index (χ2n) is 5.84. The van der Waals surface area contributed by atoms with E-state index in [-0.39, 0.29) is 11.9 Å². The van der Waals surface area contributed by atoms with E-state index < -0.39 is 10.0 Å². The molecule has 2 heterocycles. The van der Waals surface area contributed by atoms with Crippen LogP contribution in [0.1, 0.15) is 18.7 Å². The molecule has 3 rings (SSSR count). The Labute approximate surface area is 140 Å². The number of oxazole rings is 1. The number of sulfonamides is 1. The fourth-order valence-electron chi connectivity index (χ4n) is 2.73. The zero-order chi connectivity index (χ0) is 17.2. The van der Waals surface area contributed by atoms with Crippen molar-refractivity contribution < 1.29 is 17.6 Å². The SMILES string of the molecule is CS(=O)(=O)NC1CCN(C(=O)/C=C/c2nc3ccccc3o2)CC1. The number of fused-ring (bicyclic) bond motifs is 1. The Bertz CT molecular complexity index is 831. The average Bonchev–Trinajstić information content (AvgIpc) is 2.94. The highest BCUT2D eigenvalue weighted by atomic mass is 32.2. The van der Waals surface area contributed by atoms with Gasteiger partial charge in [-0.05, 0) is 25.0 Å². The number of hydrogen-bond acceptors (Lipinski definition) is 5. The highest BCUT2D eigenvalue weighted by molar-refractivity contribution is 7.88. The van der Waals surface area contributed by atoms with E-state index in [2.05, 4.69) is 9.71 Å². The van der Waals surface area contributed by atoms with Crippen molar-refractivity contribution in [3.05, 3.63) is 36.2 Å². The molecule has 0 bridgehead atoms. The molecule has 0 aliphatic carbocycles. The van der Waals surface area contributed by atoms with Gasteiger partial charge in [0.05, 0.1) is 6.26 Å². The lowest BCUT2D eigenvalue weighted by atomic mass is 10.1. The minimum atomic E-state index is -3.21. The van der Waals surface area contributed by atoms with E-state index in [4.69, 9.17) is 4.42 Å². The molecule has 8 heteroatoms. The van der Waals surface area contributed by atoms with Crippen LogP contribution in [0.15, 0.2) is 34.8 Å². The fraction of sp³-hybridized carbons (Fsp3) is 0.375. The Morgan fingerprint density at radius 2 is 2.04 bits per heavy atom. The van der Waals surface area contributed by atoms with Gasteiger partial charge in [0.1, 0.15) is 5.52 Å². The zero-order valence-corrected chi connectivity index (χ0v) is 14.1. The first-order valence-electron chi connectivity index (χ1n) is 7.70. The number of para-hydroxylation sites is 2. The van der Waals surface area contributed by atoms with Crippen LogP contribution in [-0.4, -0.2) is 49.6 Å². The Morgan fingerprint density at radius 3 is 2.71 bits per heavy atom. The molecule has 0 radical (unpaired) electrons. The third kappa shape index (κ3) is 4.21. The molecule has 0 spiro atoms. The van der Waals surface area contributed by atoms with E-state index in [1.165, 1.54) is 6.08 Å². The maximum absolute atomic E-state index is 12.2. The lowest BCUT2D eigenvalue weighted by Gasteiger charge is -2.31. The molecule has 1 N–H and O–H groups in total. The van der Waals surface area contributed by atoms with Crippen LogP contribution in [0.4, 0.5) is 0 Å². The smallest absolute Gasteiger partial charge is 0.246 e. The molecular weight excluding hydrogens is 330 g/mol. The van der Waals surface area contributed by atoms with Crippen molar-refractivity contribution in [1.29, 1.82) is 0 Å². The van der Waals surface area contributed by atoms with Crippen molar-refractivity contribution in [2.75, 3.05) is 19.3 Å². The summed E-state index contributed by atoms with van der Waals surface area (Å²) < 4.78 is 30.6. The van der Waals surface area contributed by atoms with Crippen molar-refractivity contribution >= 4 is 33.1 Å². The van der Waals surface area contributed by atoms with Gasteiger partial charge in [-0.25, -0.2) is 18.1 Å². The van der Waals surface area contributed by atoms with Crippen molar-refractivity contribution in [2.45, 2.75) is 18.9 Å². The predicted molar refractivity (Wildman–Crippen MR) is 90.6 cm³/mol. The Hall–Kier alpha value is -2.19. The summed E-state index contributed by atoms with van der Waals surface area (Å²) in [4.78, 5) is 18.2. The lowest BCUT2D eigenvalue weighted by Crippen LogP contribution is -2.45. The summed E-state index contributed by atoms with van der Waals surface area (Å²) in [6, 6.07) is 7.29. The fourth-order valence-corrected chi connectivity index (χ4v) is 3.57. The van der Waals surface area contributed by atoms with Crippen LogP contribution in [0, 0.1) is 0 Å². The molecule has 1 amide bonds. The van der Waals surface area contributed by atoms with Gasteiger partial charge in [0, 0.05) is 31.3 Å². The van der Waals surface area contributed by atoms with Crippen LogP contribution in [0.5, 0.6) is 0 Å². The summed E-state index contributed by atoms with van der Waals surface area (Å²) in [5, 5.41) is 0. The van der Waals surface area contributed by atoms with E-state index in [1.54, 1.807) is 11.0 Å². The van der Waals surface area contributed by atoms with Crippen LogP contribution in [0.25, 0.3) is 17.2 Å². The molecule has 1 aromatic heterocycles. The van der Waals surface area contributed by atoms with E-state index >= 15 is 0 Å². The molecule has 1 aliphatic heterocycles. The van der Waals surface area contributed by atoms with Crippen molar-refractivity contribution in [2.24, 2.45) is 0 Å². The number of aromatic nitrogens is 1. The topological polar surface area (TPSA) is 92.5 Å². The number of hydrogen-bond donors (Lipinski definition) is 1. The Balaban J connectivity index is 1.57. The third-order valence-electron chi connectivity index (χ3n) is 3.87. The number of nitrogens with zero attached hydrogens (tertiary/aromatic N) is 2. The number of rotatable bonds is 4. The first-order chi connectivity index (χ1) is 11.4. The summed E-state index contributed by atoms with van der Waals surface area (Å²) in [7, 11) is -3.21. The Kier molecular flexibility index (Phi) is 4.68. The minimum Gasteiger partial charge on any atom is -0.437 e. The molecule has 1 aromatic carbocycles. The van der Waals surface area contributed by atoms with Crippen molar-refractivity contribution in [3.63, 3.8) is 0 Å². The number of carbonyl (C=O) groups excluding carboxylic acids is 1. The Morgan fingerprint density at radius 1 is 1.33 bits per heavy atom. The van der Waals surface area contributed by atoms with Crippen LogP contribution >= 0.6 is 0 Å². The second-order valence-corrected chi connectivity index (χ2v) is 7.62. The number of nitrogens with one attached hydrogen (secondary N) is 1. The maximum atomic E-state index is 12.2. The van der Waals surface area contributed by atoms with Crippen LogP contribution in [-0.2, 0) is 14.8 Å². The van der Waals surface area contributed by atoms with Gasteiger partial charge in [-0.15, -0.1) is 0 Å². The van der Waals surface area contributed by atoms with Gasteiger partial charge in [-0.3, -0.25) is 4.79 Å². The summed E-state index contributed by atoms with van der Waals surface area (Å²) >= 11 is 0. The summed E-state index contributed by atoms with van der Waals surface area (Å²) in [5.41, 5.74) is 1.43. The van der Waals surface area contributed by atoms with E-state index in [1.807, 2.05) is 24.3 Å². The number of benzene rings is 1. The average molecular weight is 349 g/mol. The second kappa shape index (κ2) is 6.74. The predicted octanol–water partition coefficient (Wildman–Crippen LogP) is 1.38. The quantitative estimate of drug-likeness (QED) is 0.842. The van der Waals surface area contributed by atoms with E-state index in [0.717, 1.165) is 11.8 Å². The van der Waals surface area contributed by atoms with Gasteiger partial charge in [0.15, 0.2) is 5.58 Å². The zero-order valence-electron chi connectivity index (χ0n) is 13.3. The van der Waals surface area contributed by atoms with Crippen molar-refractivity contribution in [1.82, 2.24) is 14.6 Å². The first-order valence-corrected chi connectivity index (χ1v) is 9.60. The molecule has 1 fully saturated rings. The third-order valence-corrected chi connectivity index (χ3v) is 4.63. The molecule has 24 heavy (non-hydrogen) atoms. The molecule has 1 saturated heterocycles. The number of likely N-dealkylation sites (tertiary alicyclic amines) is 1. The first kappa shape index (κ1) is 16.7. The molecule has 128 valence electrons. The molecule has 1 aliphatic rings. The van der Waals surface area contributed by atoms with Gasteiger partial charge < -0.3 is 9.32 Å². The molecule has 0 saturated carbocycles. The molecule has 0 unspecified atom stereocenters. The van der Waals surface area contributed by atoms with Crippen LogP contribution < -0.4 is 4.72 Å². The lowest BCUT2D eigenvalue weighted by molar-refractivity contribution is -0.126. The monoisotopic (exact) mass is 349 g/mol. The normalized spacial score (nSPS) is 17.0. The van der Waals surface area contributed by atoms with Gasteiger partial charge in [0.25, 0.3) is 0 Å². The molecular formula is C16H19N3O4S. The van der Waals surface area contributed by atoms with Crippen molar-refractivity contribution in [3.8, 4) is 0 Å². The maximum Gasteiger partial charge on any atom is 0.246 e. The standard InChI is InChI=1S/C16H19N3O4S/c1-24(21,22)18-12-8-10-19(11-9-12)16(20)7-6-15-17-13-4-2-3-5-14(13)23-15/h2-7,12,18H,8-11H2,1H3/b7-6+. The highest BCUT2D eigenvalue weighted by Gasteiger charge is 2.23. The van der Waals surface area contributed by atoms with Gasteiger partial charge in [0.2, 0.25) is 21.8 Å². The largest absolute Gasteiger partial charge is 0.437 e. The number of piperidine rings is 1. The summed E-state index contributed by atoms with van der Waals surface area (Å²) in [5.74, 6) is 0.258.